The Morgan fingerprint density at radius 1 is 1.19 bits per heavy atom. The summed E-state index contributed by atoms with van der Waals surface area (Å²) in [4.78, 5) is 12.9. The monoisotopic (exact) mass is 233 g/mol. The number of thiazole rings is 1. The van der Waals surface area contributed by atoms with Crippen LogP contribution >= 0.6 is 11.3 Å². The van der Waals surface area contributed by atoms with Crippen molar-refractivity contribution in [2.24, 2.45) is 0 Å². The van der Waals surface area contributed by atoms with Crippen LogP contribution in [0, 0.1) is 13.8 Å². The summed E-state index contributed by atoms with van der Waals surface area (Å²) in [7, 11) is 0. The van der Waals surface area contributed by atoms with Crippen molar-refractivity contribution >= 4 is 11.3 Å². The fourth-order valence-electron chi connectivity index (χ4n) is 1.73. The summed E-state index contributed by atoms with van der Waals surface area (Å²) in [5.74, 6) is 0. The van der Waals surface area contributed by atoms with Crippen LogP contribution in [0.25, 0.3) is 0 Å². The molecule has 0 spiro atoms. The summed E-state index contributed by atoms with van der Waals surface area (Å²) in [5.41, 5.74) is 2.38. The first-order valence-corrected chi connectivity index (χ1v) is 6.21. The summed E-state index contributed by atoms with van der Waals surface area (Å²) in [6.45, 7) is 4.79. The molecule has 0 N–H and O–H groups in total. The van der Waals surface area contributed by atoms with Gasteiger partial charge in [0.1, 0.15) is 0 Å². The Bertz CT molecular complexity index is 525. The predicted octanol–water partition coefficient (Wildman–Crippen LogP) is 2.77. The molecule has 0 aliphatic carbocycles. The molecular formula is C13H15NOS. The summed E-state index contributed by atoms with van der Waals surface area (Å²) in [5, 5.41) is 0. The first-order valence-electron chi connectivity index (χ1n) is 5.39. The van der Waals surface area contributed by atoms with Gasteiger partial charge in [-0.2, -0.15) is 0 Å². The molecule has 2 nitrogen and oxygen atoms in total. The lowest BCUT2D eigenvalue weighted by Gasteiger charge is -2.04. The van der Waals surface area contributed by atoms with Gasteiger partial charge in [-0.3, -0.25) is 4.79 Å². The Hall–Kier alpha value is -1.35. The summed E-state index contributed by atoms with van der Waals surface area (Å²) in [6.07, 6.45) is 0.914. The zero-order valence-corrected chi connectivity index (χ0v) is 10.4. The first kappa shape index (κ1) is 11.1. The van der Waals surface area contributed by atoms with Crippen molar-refractivity contribution in [1.29, 1.82) is 0 Å². The van der Waals surface area contributed by atoms with Crippen molar-refractivity contribution in [3.8, 4) is 0 Å². The van der Waals surface area contributed by atoms with Gasteiger partial charge in [0.05, 0.1) is 0 Å². The average molecular weight is 233 g/mol. The van der Waals surface area contributed by atoms with E-state index in [1.165, 1.54) is 16.9 Å². The molecule has 1 aromatic heterocycles. The Balaban J connectivity index is 2.14. The minimum absolute atomic E-state index is 0.158. The van der Waals surface area contributed by atoms with E-state index < -0.39 is 0 Å². The molecule has 84 valence electrons. The Labute approximate surface area is 99.2 Å². The maximum Gasteiger partial charge on any atom is 0.307 e. The molecule has 0 atom stereocenters. The van der Waals surface area contributed by atoms with E-state index in [0.29, 0.717) is 0 Å². The van der Waals surface area contributed by atoms with Crippen LogP contribution in [0.1, 0.15) is 16.1 Å². The molecule has 1 heterocycles. The zero-order valence-electron chi connectivity index (χ0n) is 9.56. The molecule has 0 saturated heterocycles. The zero-order chi connectivity index (χ0) is 11.5. The second-order valence-corrected chi connectivity index (χ2v) is 5.06. The molecule has 0 amide bonds. The third-order valence-corrected chi connectivity index (χ3v) is 3.84. The van der Waals surface area contributed by atoms with Gasteiger partial charge in [0, 0.05) is 17.1 Å². The highest BCUT2D eigenvalue weighted by Gasteiger charge is 2.06. The van der Waals surface area contributed by atoms with Gasteiger partial charge in [0.15, 0.2) is 0 Å². The summed E-state index contributed by atoms with van der Waals surface area (Å²) < 4.78 is 1.87. The number of benzene rings is 1. The molecule has 0 radical (unpaired) electrons. The Morgan fingerprint density at radius 3 is 2.44 bits per heavy atom. The highest BCUT2D eigenvalue weighted by molar-refractivity contribution is 7.09. The number of aromatic nitrogens is 1. The molecule has 0 aliphatic rings. The van der Waals surface area contributed by atoms with E-state index in [0.717, 1.165) is 23.5 Å². The van der Waals surface area contributed by atoms with E-state index in [4.69, 9.17) is 0 Å². The fourth-order valence-corrected chi connectivity index (χ4v) is 2.59. The molecular weight excluding hydrogens is 218 g/mol. The van der Waals surface area contributed by atoms with E-state index >= 15 is 0 Å². The lowest BCUT2D eigenvalue weighted by Crippen LogP contribution is -2.15. The second kappa shape index (κ2) is 4.66. The Morgan fingerprint density at radius 2 is 1.88 bits per heavy atom. The van der Waals surface area contributed by atoms with Crippen molar-refractivity contribution in [2.75, 3.05) is 0 Å². The Kier molecular flexibility index (Phi) is 3.25. The van der Waals surface area contributed by atoms with Crippen molar-refractivity contribution in [2.45, 2.75) is 26.8 Å². The van der Waals surface area contributed by atoms with Crippen LogP contribution in [-0.2, 0) is 13.0 Å². The molecule has 0 unspecified atom stereocenters. The maximum atomic E-state index is 11.7. The van der Waals surface area contributed by atoms with Crippen LogP contribution in [-0.4, -0.2) is 4.57 Å². The van der Waals surface area contributed by atoms with Crippen molar-refractivity contribution in [1.82, 2.24) is 4.57 Å². The van der Waals surface area contributed by atoms with Gasteiger partial charge in [-0.15, -0.1) is 0 Å². The van der Waals surface area contributed by atoms with E-state index in [2.05, 4.69) is 12.1 Å². The lowest BCUT2D eigenvalue weighted by atomic mass is 10.1. The molecule has 0 aliphatic heterocycles. The van der Waals surface area contributed by atoms with E-state index in [1.807, 2.05) is 36.6 Å². The van der Waals surface area contributed by atoms with Crippen molar-refractivity contribution < 1.29 is 0 Å². The molecule has 16 heavy (non-hydrogen) atoms. The van der Waals surface area contributed by atoms with Crippen LogP contribution in [0.2, 0.25) is 0 Å². The number of aryl methyl sites for hydroxylation is 2. The quantitative estimate of drug-likeness (QED) is 0.799. The van der Waals surface area contributed by atoms with E-state index in [1.54, 1.807) is 0 Å². The van der Waals surface area contributed by atoms with E-state index in [-0.39, 0.29) is 4.87 Å². The minimum atomic E-state index is 0.158. The van der Waals surface area contributed by atoms with Crippen molar-refractivity contribution in [3.05, 3.63) is 56.1 Å². The molecule has 3 heteroatoms. The lowest BCUT2D eigenvalue weighted by molar-refractivity contribution is 0.664. The SMILES string of the molecule is Cc1sc(=O)n(CCc2ccccc2)c1C. The molecule has 2 aromatic rings. The van der Waals surface area contributed by atoms with Crippen LogP contribution in [0.4, 0.5) is 0 Å². The molecule has 0 saturated carbocycles. The largest absolute Gasteiger partial charge is 0.307 e. The highest BCUT2D eigenvalue weighted by atomic mass is 32.1. The number of rotatable bonds is 3. The molecule has 0 fully saturated rings. The number of nitrogens with zero attached hydrogens (tertiary/aromatic N) is 1. The topological polar surface area (TPSA) is 22.0 Å². The van der Waals surface area contributed by atoms with Gasteiger partial charge >= 0.3 is 4.87 Å². The van der Waals surface area contributed by atoms with Gasteiger partial charge in [0.25, 0.3) is 0 Å². The van der Waals surface area contributed by atoms with Crippen LogP contribution in [0.5, 0.6) is 0 Å². The highest BCUT2D eigenvalue weighted by Crippen LogP contribution is 2.10. The van der Waals surface area contributed by atoms with Gasteiger partial charge in [-0.1, -0.05) is 41.7 Å². The number of hydrogen-bond acceptors (Lipinski definition) is 2. The summed E-state index contributed by atoms with van der Waals surface area (Å²) >= 11 is 1.34. The smallest absolute Gasteiger partial charge is 0.303 e. The summed E-state index contributed by atoms with van der Waals surface area (Å²) in [6, 6.07) is 10.3. The second-order valence-electron chi connectivity index (χ2n) is 3.90. The molecule has 1 aromatic carbocycles. The van der Waals surface area contributed by atoms with Crippen LogP contribution < -0.4 is 4.87 Å². The first-order chi connectivity index (χ1) is 7.68. The standard InChI is InChI=1S/C13H15NOS/c1-10-11(2)16-13(15)14(10)9-8-12-6-4-3-5-7-12/h3-7H,8-9H2,1-2H3. The predicted molar refractivity (Wildman–Crippen MR) is 68.2 cm³/mol. The third kappa shape index (κ3) is 2.25. The molecule has 0 bridgehead atoms. The molecule has 2 rings (SSSR count). The van der Waals surface area contributed by atoms with Gasteiger partial charge in [-0.05, 0) is 25.8 Å². The van der Waals surface area contributed by atoms with Crippen LogP contribution in [0.3, 0.4) is 0 Å². The maximum absolute atomic E-state index is 11.7. The van der Waals surface area contributed by atoms with E-state index in [9.17, 15) is 4.79 Å². The van der Waals surface area contributed by atoms with Gasteiger partial charge in [0.2, 0.25) is 0 Å². The third-order valence-electron chi connectivity index (χ3n) is 2.84. The minimum Gasteiger partial charge on any atom is -0.303 e. The van der Waals surface area contributed by atoms with Gasteiger partial charge < -0.3 is 4.57 Å². The van der Waals surface area contributed by atoms with Crippen LogP contribution in [0.15, 0.2) is 35.1 Å². The fraction of sp³-hybridized carbons (Fsp3) is 0.308. The normalized spacial score (nSPS) is 10.6. The number of hydrogen-bond donors (Lipinski definition) is 0. The van der Waals surface area contributed by atoms with Gasteiger partial charge in [-0.25, -0.2) is 0 Å². The average Bonchev–Trinajstić information content (AvgIpc) is 2.53. The van der Waals surface area contributed by atoms with Crippen molar-refractivity contribution in [3.63, 3.8) is 0 Å².